The predicted molar refractivity (Wildman–Crippen MR) is 122 cm³/mol. The maximum atomic E-state index is 12.3. The molecule has 1 aliphatic rings. The molecule has 0 bridgehead atoms. The van der Waals surface area contributed by atoms with Crippen LogP contribution in [-0.2, 0) is 17.6 Å². The van der Waals surface area contributed by atoms with Gasteiger partial charge in [-0.2, -0.15) is 0 Å². The van der Waals surface area contributed by atoms with Crippen molar-refractivity contribution in [2.45, 2.75) is 38.6 Å². The fourth-order valence-electron chi connectivity index (χ4n) is 3.11. The zero-order valence-corrected chi connectivity index (χ0v) is 17.7. The number of carbonyl (C=O) groups excluding carboxylic acids is 2. The number of nitrogens with zero attached hydrogens (tertiary/aromatic N) is 3. The molecule has 0 aliphatic heterocycles. The first-order valence-electron chi connectivity index (χ1n) is 10.4. The number of anilines is 1. The van der Waals surface area contributed by atoms with Gasteiger partial charge in [0, 0.05) is 30.0 Å². The predicted octanol–water partition coefficient (Wildman–Crippen LogP) is 2.12. The van der Waals surface area contributed by atoms with E-state index in [0.717, 1.165) is 24.1 Å². The minimum Gasteiger partial charge on any atom is -0.352 e. The molecule has 0 unspecified atom stereocenters. The van der Waals surface area contributed by atoms with Crippen LogP contribution in [-0.4, -0.2) is 36.1 Å². The van der Waals surface area contributed by atoms with Gasteiger partial charge in [0.15, 0.2) is 0 Å². The van der Waals surface area contributed by atoms with Gasteiger partial charge in [0.1, 0.15) is 5.70 Å². The smallest absolute Gasteiger partial charge is 0.271 e. The lowest BCUT2D eigenvalue weighted by Crippen LogP contribution is -2.31. The number of nitrogens with two attached hydrogens (primary N) is 1. The van der Waals surface area contributed by atoms with Crippen molar-refractivity contribution in [3.05, 3.63) is 71.3 Å². The number of benzene rings is 1. The van der Waals surface area contributed by atoms with E-state index in [4.69, 9.17) is 5.84 Å². The second-order valence-electron chi connectivity index (χ2n) is 7.35. The Morgan fingerprint density at radius 1 is 1.29 bits per heavy atom. The lowest BCUT2D eigenvalue weighted by atomic mass is 10.0. The van der Waals surface area contributed by atoms with Crippen molar-refractivity contribution in [1.82, 2.24) is 15.6 Å². The summed E-state index contributed by atoms with van der Waals surface area (Å²) >= 11 is 0. The standard InChI is InChI=1S/C23H28N6O2/c1-3-26-22(30)17-8-12-21(16(14-17)7-9-18-6-4-5-13-27-18)29(24)15-20(25-2)23(31)28-19-10-11-19/h4-6,8,12-15,19H,2-3,7,9-11,24H2,1H3,(H,26,30)(H,28,31)/b20-15-. The number of carbonyl (C=O) groups is 2. The van der Waals surface area contributed by atoms with Crippen LogP contribution < -0.4 is 21.5 Å². The molecule has 1 heterocycles. The molecule has 1 aliphatic carbocycles. The van der Waals surface area contributed by atoms with Gasteiger partial charge in [-0.05, 0) is 75.2 Å². The molecule has 1 fully saturated rings. The summed E-state index contributed by atoms with van der Waals surface area (Å²) in [5.74, 6) is 5.83. The number of hydrogen-bond donors (Lipinski definition) is 3. The quantitative estimate of drug-likeness (QED) is 0.236. The molecule has 4 N–H and O–H groups in total. The van der Waals surface area contributed by atoms with Gasteiger partial charge in [-0.1, -0.05) is 6.07 Å². The molecule has 1 saturated carbocycles. The fourth-order valence-corrected chi connectivity index (χ4v) is 3.11. The van der Waals surface area contributed by atoms with E-state index in [0.29, 0.717) is 30.6 Å². The van der Waals surface area contributed by atoms with Crippen molar-refractivity contribution >= 4 is 24.2 Å². The Morgan fingerprint density at radius 2 is 2.10 bits per heavy atom. The van der Waals surface area contributed by atoms with Gasteiger partial charge in [0.05, 0.1) is 11.9 Å². The highest BCUT2D eigenvalue weighted by Crippen LogP contribution is 2.24. The summed E-state index contributed by atoms with van der Waals surface area (Å²) in [6.07, 6.45) is 6.45. The van der Waals surface area contributed by atoms with Gasteiger partial charge in [-0.15, -0.1) is 0 Å². The van der Waals surface area contributed by atoms with Crippen LogP contribution >= 0.6 is 0 Å². The average Bonchev–Trinajstić information content (AvgIpc) is 3.60. The highest BCUT2D eigenvalue weighted by molar-refractivity contribution is 5.95. The van der Waals surface area contributed by atoms with Crippen LogP contribution in [0.2, 0.25) is 0 Å². The zero-order valence-electron chi connectivity index (χ0n) is 17.7. The maximum Gasteiger partial charge on any atom is 0.271 e. The van der Waals surface area contributed by atoms with E-state index in [1.54, 1.807) is 18.3 Å². The van der Waals surface area contributed by atoms with Crippen molar-refractivity contribution < 1.29 is 9.59 Å². The largest absolute Gasteiger partial charge is 0.352 e. The van der Waals surface area contributed by atoms with Crippen molar-refractivity contribution in [2.75, 3.05) is 11.6 Å². The van der Waals surface area contributed by atoms with Crippen LogP contribution in [0.4, 0.5) is 5.69 Å². The van der Waals surface area contributed by atoms with Crippen molar-refractivity contribution in [1.29, 1.82) is 0 Å². The molecule has 0 spiro atoms. The third-order valence-corrected chi connectivity index (χ3v) is 4.91. The van der Waals surface area contributed by atoms with Crippen LogP contribution in [0.25, 0.3) is 0 Å². The number of hydrogen-bond acceptors (Lipinski definition) is 6. The van der Waals surface area contributed by atoms with Crippen molar-refractivity contribution in [2.24, 2.45) is 10.8 Å². The summed E-state index contributed by atoms with van der Waals surface area (Å²) in [6, 6.07) is 11.3. The van der Waals surface area contributed by atoms with Gasteiger partial charge in [0.25, 0.3) is 11.8 Å². The first-order valence-corrected chi connectivity index (χ1v) is 10.4. The Kier molecular flexibility index (Phi) is 7.50. The lowest BCUT2D eigenvalue weighted by molar-refractivity contribution is -0.117. The van der Waals surface area contributed by atoms with Gasteiger partial charge in [-0.25, -0.2) is 5.84 Å². The SMILES string of the molecule is C=N/C(=C\N(N)c1ccc(C(=O)NCC)cc1CCc1ccccn1)C(=O)NC1CC1. The van der Waals surface area contributed by atoms with E-state index >= 15 is 0 Å². The van der Waals surface area contributed by atoms with Gasteiger partial charge < -0.3 is 10.6 Å². The molecule has 2 amide bonds. The number of hydrazine groups is 1. The number of nitrogens with one attached hydrogen (secondary N) is 2. The highest BCUT2D eigenvalue weighted by atomic mass is 16.2. The van der Waals surface area contributed by atoms with Gasteiger partial charge >= 0.3 is 0 Å². The number of aliphatic imine (C=N–C) groups is 1. The fraction of sp³-hybridized carbons (Fsp3) is 0.304. The summed E-state index contributed by atoms with van der Waals surface area (Å²) in [7, 11) is 0. The zero-order chi connectivity index (χ0) is 22.2. The monoisotopic (exact) mass is 420 g/mol. The third-order valence-electron chi connectivity index (χ3n) is 4.91. The van der Waals surface area contributed by atoms with E-state index in [1.807, 2.05) is 31.2 Å². The molecule has 8 nitrogen and oxygen atoms in total. The van der Waals surface area contributed by atoms with E-state index in [1.165, 1.54) is 11.2 Å². The number of aryl methyl sites for hydroxylation is 2. The van der Waals surface area contributed by atoms with E-state index < -0.39 is 0 Å². The van der Waals surface area contributed by atoms with Crippen LogP contribution in [0, 0.1) is 0 Å². The molecular weight excluding hydrogens is 392 g/mol. The lowest BCUT2D eigenvalue weighted by Gasteiger charge is -2.20. The second-order valence-corrected chi connectivity index (χ2v) is 7.35. The molecule has 162 valence electrons. The average molecular weight is 421 g/mol. The maximum absolute atomic E-state index is 12.3. The number of rotatable bonds is 10. The molecule has 0 atom stereocenters. The van der Waals surface area contributed by atoms with Gasteiger partial charge in [0.2, 0.25) is 0 Å². The topological polar surface area (TPSA) is 113 Å². The Morgan fingerprint density at radius 3 is 2.74 bits per heavy atom. The normalized spacial score (nSPS) is 13.4. The minimum atomic E-state index is -0.304. The Balaban J connectivity index is 1.86. The minimum absolute atomic E-state index is 0.137. The number of aromatic nitrogens is 1. The van der Waals surface area contributed by atoms with Crippen LogP contribution in [0.3, 0.4) is 0 Å². The molecular formula is C23H28N6O2. The summed E-state index contributed by atoms with van der Waals surface area (Å²) < 4.78 is 0. The summed E-state index contributed by atoms with van der Waals surface area (Å²) in [5, 5.41) is 7.04. The summed E-state index contributed by atoms with van der Waals surface area (Å²) in [6.45, 7) is 5.90. The molecule has 2 aromatic rings. The summed E-state index contributed by atoms with van der Waals surface area (Å²) in [4.78, 5) is 32.9. The first-order chi connectivity index (χ1) is 15.0. The van der Waals surface area contributed by atoms with Gasteiger partial charge in [-0.3, -0.25) is 24.6 Å². The second kappa shape index (κ2) is 10.5. The van der Waals surface area contributed by atoms with Crippen LogP contribution in [0.1, 0.15) is 41.4 Å². The molecule has 8 heteroatoms. The molecule has 1 aromatic carbocycles. The highest BCUT2D eigenvalue weighted by Gasteiger charge is 2.25. The first kappa shape index (κ1) is 22.2. The Bertz CT molecular complexity index is 969. The molecule has 3 rings (SSSR count). The van der Waals surface area contributed by atoms with E-state index in [9.17, 15) is 9.59 Å². The number of amides is 2. The number of pyridine rings is 1. The summed E-state index contributed by atoms with van der Waals surface area (Å²) in [5.41, 5.74) is 3.15. The van der Waals surface area contributed by atoms with Crippen LogP contribution in [0.15, 0.2) is 59.5 Å². The molecule has 0 radical (unpaired) electrons. The van der Waals surface area contributed by atoms with Crippen molar-refractivity contribution in [3.8, 4) is 0 Å². The Labute approximate surface area is 182 Å². The van der Waals surface area contributed by atoms with Crippen molar-refractivity contribution in [3.63, 3.8) is 0 Å². The van der Waals surface area contributed by atoms with Crippen LogP contribution in [0.5, 0.6) is 0 Å². The molecule has 31 heavy (non-hydrogen) atoms. The van der Waals surface area contributed by atoms with E-state index in [-0.39, 0.29) is 23.6 Å². The van der Waals surface area contributed by atoms with E-state index in [2.05, 4.69) is 27.3 Å². The third kappa shape index (κ3) is 6.23. The Hall–Kier alpha value is -3.52. The molecule has 0 saturated heterocycles. The molecule has 1 aromatic heterocycles.